The van der Waals surface area contributed by atoms with Gasteiger partial charge in [-0.25, -0.2) is 9.36 Å². The molecule has 3 aromatic rings. The smallest absolute Gasteiger partial charge is 0.249 e. The number of nitrogens with zero attached hydrogens (tertiary/aromatic N) is 3. The molecule has 2 aromatic carbocycles. The molecule has 4 nitrogen and oxygen atoms in total. The summed E-state index contributed by atoms with van der Waals surface area (Å²) in [6.45, 7) is 0. The van der Waals surface area contributed by atoms with Gasteiger partial charge in [0, 0.05) is 6.04 Å². The van der Waals surface area contributed by atoms with Gasteiger partial charge in [-0.1, -0.05) is 48.9 Å². The van der Waals surface area contributed by atoms with E-state index in [2.05, 4.69) is 11.1 Å². The molecule has 0 aliphatic rings. The average molecular weight is 261 g/mol. The van der Waals surface area contributed by atoms with E-state index in [1.807, 2.05) is 54.6 Å². The summed E-state index contributed by atoms with van der Waals surface area (Å²) in [7, 11) is 0. The van der Waals surface area contributed by atoms with Gasteiger partial charge in [0.15, 0.2) is 0 Å². The number of benzene rings is 2. The molecule has 0 bridgehead atoms. The lowest BCUT2D eigenvalue weighted by Crippen LogP contribution is -2.21. The highest BCUT2D eigenvalue weighted by Gasteiger charge is 2.05. The summed E-state index contributed by atoms with van der Waals surface area (Å²) in [6, 6.07) is 19.9. The van der Waals surface area contributed by atoms with Crippen LogP contribution in [-0.4, -0.2) is 14.3 Å². The van der Waals surface area contributed by atoms with Crippen LogP contribution >= 0.6 is 0 Å². The Morgan fingerprint density at radius 1 is 0.950 bits per heavy atom. The minimum absolute atomic E-state index is 0.347. The van der Waals surface area contributed by atoms with E-state index in [-0.39, 0.29) is 5.69 Å². The van der Waals surface area contributed by atoms with Crippen molar-refractivity contribution in [1.82, 2.24) is 14.3 Å². The number of aromatic nitrogens is 3. The first-order chi connectivity index (χ1) is 9.79. The summed E-state index contributed by atoms with van der Waals surface area (Å²) in [5.74, 6) is 0. The quantitative estimate of drug-likeness (QED) is 0.663. The van der Waals surface area contributed by atoms with Crippen LogP contribution in [-0.2, 0) is 0 Å². The molecule has 96 valence electrons. The van der Waals surface area contributed by atoms with Gasteiger partial charge in [0.2, 0.25) is 0 Å². The lowest BCUT2D eigenvalue weighted by Gasteiger charge is -2.04. The summed E-state index contributed by atoms with van der Waals surface area (Å²) >= 11 is 0. The van der Waals surface area contributed by atoms with Crippen molar-refractivity contribution in [3.05, 3.63) is 71.4 Å². The fraction of sp³-hybridized carbons (Fsp3) is 0. The SMILES string of the molecule is C#Cn1ncn(-c2ccc(-c3ccccc3)cc2)c1=O. The first-order valence-electron chi connectivity index (χ1n) is 6.09. The molecule has 0 unspecified atom stereocenters. The maximum atomic E-state index is 11.9. The fourth-order valence-electron chi connectivity index (χ4n) is 2.01. The van der Waals surface area contributed by atoms with Crippen LogP contribution in [0.4, 0.5) is 0 Å². The molecule has 20 heavy (non-hydrogen) atoms. The van der Waals surface area contributed by atoms with Crippen LogP contribution in [0.3, 0.4) is 0 Å². The van der Waals surface area contributed by atoms with E-state index in [1.54, 1.807) is 0 Å². The fourth-order valence-corrected chi connectivity index (χ4v) is 2.01. The molecule has 1 aromatic heterocycles. The zero-order chi connectivity index (χ0) is 13.9. The maximum Gasteiger partial charge on any atom is 0.362 e. The Morgan fingerprint density at radius 2 is 1.60 bits per heavy atom. The van der Waals surface area contributed by atoms with Gasteiger partial charge in [0.1, 0.15) is 6.33 Å². The summed E-state index contributed by atoms with van der Waals surface area (Å²) in [4.78, 5) is 11.9. The zero-order valence-electron chi connectivity index (χ0n) is 10.6. The van der Waals surface area contributed by atoms with Crippen LogP contribution in [0.2, 0.25) is 0 Å². The van der Waals surface area contributed by atoms with Crippen LogP contribution in [0, 0.1) is 12.5 Å². The second-order valence-electron chi connectivity index (χ2n) is 4.24. The Balaban J connectivity index is 2.00. The highest BCUT2D eigenvalue weighted by Crippen LogP contribution is 2.19. The Kier molecular flexibility index (Phi) is 2.94. The van der Waals surface area contributed by atoms with Crippen LogP contribution in [0.1, 0.15) is 0 Å². The highest BCUT2D eigenvalue weighted by atomic mass is 16.2. The lowest BCUT2D eigenvalue weighted by atomic mass is 10.1. The second-order valence-corrected chi connectivity index (χ2v) is 4.24. The lowest BCUT2D eigenvalue weighted by molar-refractivity contribution is 0.861. The molecule has 0 atom stereocenters. The number of rotatable bonds is 2. The van der Waals surface area contributed by atoms with Gasteiger partial charge in [0.25, 0.3) is 0 Å². The van der Waals surface area contributed by atoms with Gasteiger partial charge < -0.3 is 0 Å². The third-order valence-corrected chi connectivity index (χ3v) is 3.04. The summed E-state index contributed by atoms with van der Waals surface area (Å²) in [6.07, 6.45) is 6.60. The molecule has 1 heterocycles. The monoisotopic (exact) mass is 261 g/mol. The van der Waals surface area contributed by atoms with Gasteiger partial charge in [-0.15, -0.1) is 9.78 Å². The van der Waals surface area contributed by atoms with Crippen molar-refractivity contribution in [2.45, 2.75) is 0 Å². The first kappa shape index (κ1) is 12.0. The third-order valence-electron chi connectivity index (χ3n) is 3.04. The normalized spacial score (nSPS) is 10.2. The van der Waals surface area contributed by atoms with E-state index in [0.29, 0.717) is 0 Å². The van der Waals surface area contributed by atoms with Crippen LogP contribution < -0.4 is 5.69 Å². The summed E-state index contributed by atoms with van der Waals surface area (Å²) < 4.78 is 2.37. The summed E-state index contributed by atoms with van der Waals surface area (Å²) in [5.41, 5.74) is 2.61. The molecule has 3 rings (SSSR count). The van der Waals surface area contributed by atoms with Gasteiger partial charge in [-0.2, -0.15) is 0 Å². The van der Waals surface area contributed by atoms with Crippen molar-refractivity contribution in [2.75, 3.05) is 0 Å². The Bertz CT molecular complexity index is 821. The zero-order valence-corrected chi connectivity index (χ0v) is 10.6. The minimum atomic E-state index is -0.347. The predicted molar refractivity (Wildman–Crippen MR) is 77.5 cm³/mol. The predicted octanol–water partition coefficient (Wildman–Crippen LogP) is 2.14. The van der Waals surface area contributed by atoms with Crippen molar-refractivity contribution in [3.63, 3.8) is 0 Å². The highest BCUT2D eigenvalue weighted by molar-refractivity contribution is 5.64. The molecule has 0 radical (unpaired) electrons. The van der Waals surface area contributed by atoms with E-state index in [9.17, 15) is 4.79 Å². The van der Waals surface area contributed by atoms with Gasteiger partial charge in [-0.3, -0.25) is 0 Å². The Morgan fingerprint density at radius 3 is 2.20 bits per heavy atom. The standard InChI is InChI=1S/C16H11N3O/c1-2-19-16(20)18(12-17-19)15-10-8-14(9-11-15)13-6-4-3-5-7-13/h1,3-12H. The molecule has 0 N–H and O–H groups in total. The van der Waals surface area contributed by atoms with Gasteiger partial charge >= 0.3 is 5.69 Å². The van der Waals surface area contributed by atoms with Crippen LogP contribution in [0.5, 0.6) is 0 Å². The van der Waals surface area contributed by atoms with Gasteiger partial charge in [0.05, 0.1) is 5.69 Å². The Hall–Kier alpha value is -3.06. The van der Waals surface area contributed by atoms with Gasteiger partial charge in [-0.05, 0) is 23.3 Å². The van der Waals surface area contributed by atoms with E-state index >= 15 is 0 Å². The average Bonchev–Trinajstić information content (AvgIpc) is 2.89. The topological polar surface area (TPSA) is 39.8 Å². The van der Waals surface area contributed by atoms with Crippen molar-refractivity contribution >= 4 is 0 Å². The third kappa shape index (κ3) is 2.02. The molecule has 0 aliphatic heterocycles. The molecule has 0 amide bonds. The number of hydrogen-bond acceptors (Lipinski definition) is 2. The molecule has 0 saturated heterocycles. The number of hydrogen-bond donors (Lipinski definition) is 0. The largest absolute Gasteiger partial charge is 0.362 e. The van der Waals surface area contributed by atoms with E-state index < -0.39 is 0 Å². The Labute approximate surface area is 115 Å². The molecular formula is C16H11N3O. The van der Waals surface area contributed by atoms with Crippen LogP contribution in [0.25, 0.3) is 16.8 Å². The van der Waals surface area contributed by atoms with Crippen molar-refractivity contribution in [3.8, 4) is 29.3 Å². The van der Waals surface area contributed by atoms with Crippen molar-refractivity contribution in [2.24, 2.45) is 0 Å². The molecular weight excluding hydrogens is 250 g/mol. The van der Waals surface area contributed by atoms with E-state index in [0.717, 1.165) is 21.5 Å². The molecule has 0 fully saturated rings. The molecule has 4 heteroatoms. The molecule has 0 saturated carbocycles. The van der Waals surface area contributed by atoms with Crippen molar-refractivity contribution < 1.29 is 0 Å². The van der Waals surface area contributed by atoms with Crippen molar-refractivity contribution in [1.29, 1.82) is 0 Å². The first-order valence-corrected chi connectivity index (χ1v) is 6.09. The minimum Gasteiger partial charge on any atom is -0.249 e. The number of terminal acetylenes is 1. The molecule has 0 aliphatic carbocycles. The van der Waals surface area contributed by atoms with E-state index in [1.165, 1.54) is 10.9 Å². The van der Waals surface area contributed by atoms with E-state index in [4.69, 9.17) is 6.42 Å². The maximum absolute atomic E-state index is 11.9. The molecule has 0 spiro atoms. The second kappa shape index (κ2) is 4.90. The summed E-state index contributed by atoms with van der Waals surface area (Å²) in [5, 5.41) is 3.82. The van der Waals surface area contributed by atoms with Crippen LogP contribution in [0.15, 0.2) is 65.7 Å².